The molecule has 4 nitrogen and oxygen atoms in total. The van der Waals surface area contributed by atoms with Crippen LogP contribution in [0.4, 0.5) is 0 Å². The molecule has 0 aliphatic rings. The number of benzene rings is 1. The minimum absolute atomic E-state index is 0.0661. The molecule has 0 spiro atoms. The van der Waals surface area contributed by atoms with Gasteiger partial charge in [0.2, 0.25) is 0 Å². The Morgan fingerprint density at radius 3 is 3.00 bits per heavy atom. The van der Waals surface area contributed by atoms with E-state index in [2.05, 4.69) is 9.97 Å². The summed E-state index contributed by atoms with van der Waals surface area (Å²) in [4.78, 5) is 7.67. The number of aromatic nitrogens is 2. The van der Waals surface area contributed by atoms with Gasteiger partial charge in [-0.2, -0.15) is 5.26 Å². The summed E-state index contributed by atoms with van der Waals surface area (Å²) in [6.07, 6.45) is 2.85. The number of fused-ring (bicyclic) bond motifs is 1. The van der Waals surface area contributed by atoms with Gasteiger partial charge in [-0.15, -0.1) is 0 Å². The van der Waals surface area contributed by atoms with Gasteiger partial charge < -0.3 is 5.11 Å². The van der Waals surface area contributed by atoms with Crippen LogP contribution in [0.5, 0.6) is 5.75 Å². The minimum Gasteiger partial charge on any atom is -0.506 e. The van der Waals surface area contributed by atoms with E-state index in [0.717, 1.165) is 0 Å². The first-order valence-corrected chi connectivity index (χ1v) is 3.64. The van der Waals surface area contributed by atoms with Crippen LogP contribution >= 0.6 is 0 Å². The number of phenolic OH excluding ortho intramolecular Hbond substituents is 1. The normalized spacial score (nSPS) is 9.77. The zero-order valence-corrected chi connectivity index (χ0v) is 6.60. The fourth-order valence-corrected chi connectivity index (χ4v) is 1.16. The predicted octanol–water partition coefficient (Wildman–Crippen LogP) is 1.21. The van der Waals surface area contributed by atoms with Crippen LogP contribution in [0.3, 0.4) is 0 Å². The van der Waals surface area contributed by atoms with Crippen molar-refractivity contribution in [2.24, 2.45) is 0 Å². The quantitative estimate of drug-likeness (QED) is 0.646. The van der Waals surface area contributed by atoms with Crippen molar-refractivity contribution >= 4 is 10.9 Å². The summed E-state index contributed by atoms with van der Waals surface area (Å²) in [6.45, 7) is 0. The molecule has 0 fully saturated rings. The first-order chi connectivity index (χ1) is 6.33. The van der Waals surface area contributed by atoms with E-state index in [9.17, 15) is 5.11 Å². The molecule has 0 amide bonds. The average Bonchev–Trinajstić information content (AvgIpc) is 2.19. The van der Waals surface area contributed by atoms with Gasteiger partial charge >= 0.3 is 0 Å². The van der Waals surface area contributed by atoms with Crippen molar-refractivity contribution in [2.45, 2.75) is 0 Å². The Bertz CT molecular complexity index is 502. The van der Waals surface area contributed by atoms with Gasteiger partial charge in [-0.25, -0.2) is 9.97 Å². The summed E-state index contributed by atoms with van der Waals surface area (Å²) in [5.41, 5.74) is 0.877. The molecule has 0 atom stereocenters. The van der Waals surface area contributed by atoms with Crippen LogP contribution in [-0.2, 0) is 0 Å². The van der Waals surface area contributed by atoms with Crippen LogP contribution in [-0.4, -0.2) is 15.1 Å². The smallest absolute Gasteiger partial charge is 0.142 e. The Hall–Kier alpha value is -2.15. The van der Waals surface area contributed by atoms with Gasteiger partial charge in [0.05, 0.1) is 11.6 Å². The molecule has 4 heteroatoms. The fourth-order valence-electron chi connectivity index (χ4n) is 1.16. The van der Waals surface area contributed by atoms with Crippen LogP contribution in [0, 0.1) is 11.3 Å². The van der Waals surface area contributed by atoms with Crippen molar-refractivity contribution in [3.05, 3.63) is 30.2 Å². The number of phenols is 1. The van der Waals surface area contributed by atoms with E-state index in [1.165, 1.54) is 18.6 Å². The Morgan fingerprint density at radius 1 is 1.38 bits per heavy atom. The number of rotatable bonds is 0. The third-order valence-electron chi connectivity index (χ3n) is 1.77. The molecule has 62 valence electrons. The van der Waals surface area contributed by atoms with E-state index >= 15 is 0 Å². The van der Waals surface area contributed by atoms with E-state index in [1.807, 2.05) is 6.07 Å². The van der Waals surface area contributed by atoms with E-state index in [4.69, 9.17) is 5.26 Å². The van der Waals surface area contributed by atoms with Gasteiger partial charge in [0.25, 0.3) is 0 Å². The largest absolute Gasteiger partial charge is 0.506 e. The molecular weight excluding hydrogens is 166 g/mol. The van der Waals surface area contributed by atoms with Gasteiger partial charge in [-0.1, -0.05) is 0 Å². The van der Waals surface area contributed by atoms with Crippen molar-refractivity contribution in [1.82, 2.24) is 9.97 Å². The maximum Gasteiger partial charge on any atom is 0.142 e. The molecule has 2 aromatic rings. The van der Waals surface area contributed by atoms with Gasteiger partial charge in [-0.05, 0) is 12.1 Å². The summed E-state index contributed by atoms with van der Waals surface area (Å²) >= 11 is 0. The van der Waals surface area contributed by atoms with E-state index < -0.39 is 0 Å². The molecule has 13 heavy (non-hydrogen) atoms. The lowest BCUT2D eigenvalue weighted by Gasteiger charge is -1.99. The second kappa shape index (κ2) is 2.72. The topological polar surface area (TPSA) is 69.8 Å². The molecule has 0 aliphatic carbocycles. The lowest BCUT2D eigenvalue weighted by molar-refractivity contribution is 0.480. The van der Waals surface area contributed by atoms with Gasteiger partial charge in [0.1, 0.15) is 17.6 Å². The maximum absolute atomic E-state index is 9.39. The number of nitrogens with zero attached hydrogens (tertiary/aromatic N) is 3. The Morgan fingerprint density at radius 2 is 2.23 bits per heavy atom. The van der Waals surface area contributed by atoms with Crippen LogP contribution in [0.15, 0.2) is 24.7 Å². The minimum atomic E-state index is 0.0661. The highest BCUT2D eigenvalue weighted by molar-refractivity contribution is 5.88. The summed E-state index contributed by atoms with van der Waals surface area (Å²) in [5.74, 6) is 0.0661. The van der Waals surface area contributed by atoms with Gasteiger partial charge in [0, 0.05) is 11.6 Å². The van der Waals surface area contributed by atoms with Gasteiger partial charge in [0.15, 0.2) is 0 Å². The number of hydrogen-bond donors (Lipinski definition) is 1. The highest BCUT2D eigenvalue weighted by atomic mass is 16.3. The van der Waals surface area contributed by atoms with E-state index in [0.29, 0.717) is 16.5 Å². The molecule has 1 heterocycles. The highest BCUT2D eigenvalue weighted by Crippen LogP contribution is 2.23. The molecule has 1 N–H and O–H groups in total. The Kier molecular flexibility index (Phi) is 1.57. The molecule has 0 saturated heterocycles. The molecule has 1 aromatic carbocycles. The molecule has 0 unspecified atom stereocenters. The lowest BCUT2D eigenvalue weighted by Crippen LogP contribution is -1.85. The SMILES string of the molecule is N#Cc1ccc(O)c2ncncc12. The average molecular weight is 171 g/mol. The van der Waals surface area contributed by atoms with E-state index in [-0.39, 0.29) is 5.75 Å². The standard InChI is InChI=1S/C9H5N3O/c10-3-6-1-2-8(13)9-7(6)4-11-5-12-9/h1-2,4-5,13H. The van der Waals surface area contributed by atoms with Crippen molar-refractivity contribution < 1.29 is 5.11 Å². The van der Waals surface area contributed by atoms with Crippen LogP contribution in [0.25, 0.3) is 10.9 Å². The van der Waals surface area contributed by atoms with E-state index in [1.54, 1.807) is 6.07 Å². The van der Waals surface area contributed by atoms with Crippen LogP contribution in [0.2, 0.25) is 0 Å². The third-order valence-corrected chi connectivity index (χ3v) is 1.77. The number of hydrogen-bond acceptors (Lipinski definition) is 4. The van der Waals surface area contributed by atoms with Crippen LogP contribution in [0.1, 0.15) is 5.56 Å². The predicted molar refractivity (Wildman–Crippen MR) is 45.9 cm³/mol. The molecule has 0 radical (unpaired) electrons. The molecule has 1 aromatic heterocycles. The number of nitriles is 1. The summed E-state index contributed by atoms with van der Waals surface area (Å²) in [6, 6.07) is 5.00. The van der Waals surface area contributed by atoms with Crippen LogP contribution < -0.4 is 0 Å². The maximum atomic E-state index is 9.39. The Labute approximate surface area is 74.1 Å². The summed E-state index contributed by atoms with van der Waals surface area (Å²) in [5, 5.41) is 18.7. The van der Waals surface area contributed by atoms with Crippen molar-refractivity contribution in [3.63, 3.8) is 0 Å². The van der Waals surface area contributed by atoms with Gasteiger partial charge in [-0.3, -0.25) is 0 Å². The molecule has 0 aliphatic heterocycles. The lowest BCUT2D eigenvalue weighted by atomic mass is 10.1. The summed E-state index contributed by atoms with van der Waals surface area (Å²) in [7, 11) is 0. The zero-order chi connectivity index (χ0) is 9.26. The summed E-state index contributed by atoms with van der Waals surface area (Å²) < 4.78 is 0. The zero-order valence-electron chi connectivity index (χ0n) is 6.60. The first-order valence-electron chi connectivity index (χ1n) is 3.64. The van der Waals surface area contributed by atoms with Crippen molar-refractivity contribution in [3.8, 4) is 11.8 Å². The monoisotopic (exact) mass is 171 g/mol. The third kappa shape index (κ3) is 1.07. The first kappa shape index (κ1) is 7.50. The molecule has 0 bridgehead atoms. The molecule has 0 saturated carbocycles. The molecule has 2 rings (SSSR count). The highest BCUT2D eigenvalue weighted by Gasteiger charge is 2.04. The van der Waals surface area contributed by atoms with Crippen molar-refractivity contribution in [1.29, 1.82) is 5.26 Å². The second-order valence-corrected chi connectivity index (χ2v) is 2.53. The second-order valence-electron chi connectivity index (χ2n) is 2.53. The fraction of sp³-hybridized carbons (Fsp3) is 0. The Balaban J connectivity index is 2.95. The number of aromatic hydroxyl groups is 1. The van der Waals surface area contributed by atoms with Crippen molar-refractivity contribution in [2.75, 3.05) is 0 Å². The molecular formula is C9H5N3O.